The Hall–Kier alpha value is -1.91. The molecule has 5 heteroatoms. The second-order valence-electron chi connectivity index (χ2n) is 5.68. The van der Waals surface area contributed by atoms with Gasteiger partial charge >= 0.3 is 5.97 Å². The molecule has 2 unspecified atom stereocenters. The fourth-order valence-electron chi connectivity index (χ4n) is 2.96. The topological polar surface area (TPSA) is 54.0 Å². The number of benzene rings is 1. The lowest BCUT2D eigenvalue weighted by Crippen LogP contribution is -2.24. The molecule has 1 aliphatic rings. The van der Waals surface area contributed by atoms with Gasteiger partial charge in [-0.1, -0.05) is 13.3 Å². The van der Waals surface area contributed by atoms with Gasteiger partial charge in [0.1, 0.15) is 11.7 Å². The molecule has 0 heterocycles. The first-order valence-electron chi connectivity index (χ1n) is 7.60. The van der Waals surface area contributed by atoms with Crippen molar-refractivity contribution in [1.82, 2.24) is 0 Å². The summed E-state index contributed by atoms with van der Waals surface area (Å²) in [6, 6.07) is 3.33. The Morgan fingerprint density at radius 3 is 2.36 bits per heavy atom. The first kappa shape index (κ1) is 16.5. The van der Waals surface area contributed by atoms with Crippen molar-refractivity contribution in [2.24, 2.45) is 5.92 Å². The van der Waals surface area contributed by atoms with E-state index in [4.69, 9.17) is 18.9 Å². The van der Waals surface area contributed by atoms with Gasteiger partial charge in [-0.05, 0) is 37.3 Å². The third-order valence-corrected chi connectivity index (χ3v) is 4.09. The Balaban J connectivity index is 2.21. The molecule has 1 aliphatic carbocycles. The van der Waals surface area contributed by atoms with Gasteiger partial charge in [0.25, 0.3) is 0 Å². The summed E-state index contributed by atoms with van der Waals surface area (Å²) in [6.45, 7) is 2.19. The number of rotatable bonds is 5. The van der Waals surface area contributed by atoms with Gasteiger partial charge in [0.2, 0.25) is 5.75 Å². The highest BCUT2D eigenvalue weighted by Crippen LogP contribution is 2.40. The minimum atomic E-state index is -0.378. The highest BCUT2D eigenvalue weighted by atomic mass is 16.6. The van der Waals surface area contributed by atoms with E-state index in [2.05, 4.69) is 6.92 Å². The van der Waals surface area contributed by atoms with Crippen LogP contribution >= 0.6 is 0 Å². The van der Waals surface area contributed by atoms with Gasteiger partial charge in [-0.2, -0.15) is 0 Å². The van der Waals surface area contributed by atoms with Crippen molar-refractivity contribution in [3.63, 3.8) is 0 Å². The molecule has 0 spiro atoms. The summed E-state index contributed by atoms with van der Waals surface area (Å²) in [7, 11) is 4.55. The molecule has 1 fully saturated rings. The number of esters is 1. The monoisotopic (exact) mass is 308 g/mol. The maximum absolute atomic E-state index is 12.5. The van der Waals surface area contributed by atoms with Crippen molar-refractivity contribution in [3.8, 4) is 17.2 Å². The SMILES string of the molecule is COc1ccc(C(=O)OC2CCCC(C)C2)c(OC)c1OC. The summed E-state index contributed by atoms with van der Waals surface area (Å²) >= 11 is 0. The lowest BCUT2D eigenvalue weighted by Gasteiger charge is -2.26. The predicted octanol–water partition coefficient (Wildman–Crippen LogP) is 3.45. The molecule has 0 bridgehead atoms. The number of hydrogen-bond acceptors (Lipinski definition) is 5. The molecule has 1 aromatic carbocycles. The van der Waals surface area contributed by atoms with Crippen LogP contribution in [0.2, 0.25) is 0 Å². The number of methoxy groups -OCH3 is 3. The standard InChI is InChI=1S/C17H24O5/c1-11-6-5-7-12(10-11)22-17(18)13-8-9-14(19-2)16(21-4)15(13)20-3/h8-9,11-12H,5-7,10H2,1-4H3. The van der Waals surface area contributed by atoms with Crippen molar-refractivity contribution in [2.75, 3.05) is 21.3 Å². The molecule has 1 aromatic rings. The van der Waals surface area contributed by atoms with Gasteiger partial charge in [-0.3, -0.25) is 0 Å². The molecule has 0 radical (unpaired) electrons. The number of carbonyl (C=O) groups is 1. The predicted molar refractivity (Wildman–Crippen MR) is 82.9 cm³/mol. The van der Waals surface area contributed by atoms with E-state index in [1.165, 1.54) is 20.6 Å². The maximum Gasteiger partial charge on any atom is 0.342 e. The molecule has 0 aliphatic heterocycles. The van der Waals surface area contributed by atoms with Crippen molar-refractivity contribution in [2.45, 2.75) is 38.7 Å². The van der Waals surface area contributed by atoms with Crippen molar-refractivity contribution in [3.05, 3.63) is 17.7 Å². The summed E-state index contributed by atoms with van der Waals surface area (Å²) in [4.78, 5) is 12.5. The van der Waals surface area contributed by atoms with Crippen LogP contribution in [0.15, 0.2) is 12.1 Å². The molecular formula is C17H24O5. The van der Waals surface area contributed by atoms with Crippen LogP contribution in [-0.4, -0.2) is 33.4 Å². The zero-order chi connectivity index (χ0) is 16.1. The van der Waals surface area contributed by atoms with Gasteiger partial charge in [-0.25, -0.2) is 4.79 Å². The molecular weight excluding hydrogens is 284 g/mol. The van der Waals surface area contributed by atoms with Gasteiger partial charge in [0.05, 0.1) is 21.3 Å². The number of ether oxygens (including phenoxy) is 4. The average Bonchev–Trinajstić information content (AvgIpc) is 2.53. The first-order chi connectivity index (χ1) is 10.6. The zero-order valence-electron chi connectivity index (χ0n) is 13.7. The third kappa shape index (κ3) is 3.46. The molecule has 0 amide bonds. The largest absolute Gasteiger partial charge is 0.493 e. The summed E-state index contributed by atoms with van der Waals surface area (Å²) in [5.74, 6) is 1.48. The summed E-state index contributed by atoms with van der Waals surface area (Å²) in [5, 5.41) is 0. The van der Waals surface area contributed by atoms with E-state index in [-0.39, 0.29) is 12.1 Å². The van der Waals surface area contributed by atoms with Crippen LogP contribution in [0, 0.1) is 5.92 Å². The van der Waals surface area contributed by atoms with Crippen LogP contribution in [0.1, 0.15) is 43.0 Å². The summed E-state index contributed by atoms with van der Waals surface area (Å²) in [5.41, 5.74) is 0.360. The molecule has 2 atom stereocenters. The normalized spacial score (nSPS) is 21.1. The quantitative estimate of drug-likeness (QED) is 0.780. The number of carbonyl (C=O) groups excluding carboxylic acids is 1. The molecule has 0 aromatic heterocycles. The lowest BCUT2D eigenvalue weighted by molar-refractivity contribution is 0.0151. The van der Waals surface area contributed by atoms with Gasteiger partial charge < -0.3 is 18.9 Å². The van der Waals surface area contributed by atoms with E-state index >= 15 is 0 Å². The van der Waals surface area contributed by atoms with Gasteiger partial charge in [0.15, 0.2) is 11.5 Å². The van der Waals surface area contributed by atoms with E-state index < -0.39 is 0 Å². The van der Waals surface area contributed by atoms with Crippen LogP contribution in [0.25, 0.3) is 0 Å². The Morgan fingerprint density at radius 2 is 1.77 bits per heavy atom. The molecule has 5 nitrogen and oxygen atoms in total. The molecule has 122 valence electrons. The third-order valence-electron chi connectivity index (χ3n) is 4.09. The highest BCUT2D eigenvalue weighted by molar-refractivity contribution is 5.94. The molecule has 22 heavy (non-hydrogen) atoms. The lowest BCUT2D eigenvalue weighted by atomic mass is 9.89. The smallest absolute Gasteiger partial charge is 0.342 e. The Morgan fingerprint density at radius 1 is 1.05 bits per heavy atom. The second kappa shape index (κ2) is 7.38. The molecule has 1 saturated carbocycles. The van der Waals surface area contributed by atoms with Crippen molar-refractivity contribution >= 4 is 5.97 Å². The Bertz CT molecular complexity index is 526. The van der Waals surface area contributed by atoms with E-state index in [0.29, 0.717) is 28.7 Å². The Kier molecular flexibility index (Phi) is 5.52. The Labute approximate surface area is 131 Å². The molecule has 0 saturated heterocycles. The fraction of sp³-hybridized carbons (Fsp3) is 0.588. The summed E-state index contributed by atoms with van der Waals surface area (Å²) < 4.78 is 21.5. The van der Waals surface area contributed by atoms with E-state index in [9.17, 15) is 4.79 Å². The minimum absolute atomic E-state index is 0.0194. The van der Waals surface area contributed by atoms with Crippen LogP contribution in [0.4, 0.5) is 0 Å². The van der Waals surface area contributed by atoms with E-state index in [1.54, 1.807) is 19.2 Å². The fourth-order valence-corrected chi connectivity index (χ4v) is 2.96. The maximum atomic E-state index is 12.5. The zero-order valence-corrected chi connectivity index (χ0v) is 13.7. The number of hydrogen-bond donors (Lipinski definition) is 0. The molecule has 2 rings (SSSR count). The van der Waals surface area contributed by atoms with Crippen LogP contribution < -0.4 is 14.2 Å². The van der Waals surface area contributed by atoms with Crippen LogP contribution in [0.5, 0.6) is 17.2 Å². The van der Waals surface area contributed by atoms with Gasteiger partial charge in [-0.15, -0.1) is 0 Å². The van der Waals surface area contributed by atoms with E-state index in [1.807, 2.05) is 0 Å². The second-order valence-corrected chi connectivity index (χ2v) is 5.68. The van der Waals surface area contributed by atoms with Crippen molar-refractivity contribution in [1.29, 1.82) is 0 Å². The average molecular weight is 308 g/mol. The summed E-state index contributed by atoms with van der Waals surface area (Å²) in [6.07, 6.45) is 4.12. The van der Waals surface area contributed by atoms with Crippen molar-refractivity contribution < 1.29 is 23.7 Å². The van der Waals surface area contributed by atoms with E-state index in [0.717, 1.165) is 19.3 Å². The minimum Gasteiger partial charge on any atom is -0.493 e. The molecule has 0 N–H and O–H groups in total. The first-order valence-corrected chi connectivity index (χ1v) is 7.60. The van der Waals surface area contributed by atoms with Gasteiger partial charge in [0, 0.05) is 0 Å². The van der Waals surface area contributed by atoms with Crippen LogP contribution in [-0.2, 0) is 4.74 Å². The van der Waals surface area contributed by atoms with Crippen LogP contribution in [0.3, 0.4) is 0 Å². The highest BCUT2D eigenvalue weighted by Gasteiger charge is 2.26.